The van der Waals surface area contributed by atoms with Gasteiger partial charge in [0.2, 0.25) is 0 Å². The highest BCUT2D eigenvalue weighted by atomic mass is 19.4. The minimum Gasteiger partial charge on any atom is -0.459 e. The smallest absolute Gasteiger partial charge is 0.416 e. The van der Waals surface area contributed by atoms with Crippen molar-refractivity contribution in [3.8, 4) is 0 Å². The Kier molecular flexibility index (Phi) is 7.17. The molecule has 1 atom stereocenters. The lowest BCUT2D eigenvalue weighted by atomic mass is 9.89. The van der Waals surface area contributed by atoms with Gasteiger partial charge in [0.25, 0.3) is 5.69 Å². The van der Waals surface area contributed by atoms with Crippen molar-refractivity contribution in [1.82, 2.24) is 0 Å². The quantitative estimate of drug-likeness (QED) is 0.201. The van der Waals surface area contributed by atoms with Crippen LogP contribution in [0.4, 0.5) is 18.9 Å². The van der Waals surface area contributed by atoms with E-state index < -0.39 is 57.0 Å². The highest BCUT2D eigenvalue weighted by molar-refractivity contribution is 6.23. The summed E-state index contributed by atoms with van der Waals surface area (Å²) in [5.41, 5.74) is -3.91. The fourth-order valence-electron chi connectivity index (χ4n) is 2.87. The lowest BCUT2D eigenvalue weighted by molar-refractivity contribution is -0.385. The van der Waals surface area contributed by atoms with Gasteiger partial charge >= 0.3 is 12.1 Å². The van der Waals surface area contributed by atoms with E-state index in [1.54, 1.807) is 30.3 Å². The molecule has 0 fully saturated rings. The minimum absolute atomic E-state index is 0.195. The molecule has 0 bridgehead atoms. The van der Waals surface area contributed by atoms with Crippen molar-refractivity contribution >= 4 is 23.2 Å². The van der Waals surface area contributed by atoms with Crippen LogP contribution >= 0.6 is 0 Å². The van der Waals surface area contributed by atoms with Gasteiger partial charge in [0, 0.05) is 12.5 Å². The molecule has 0 heterocycles. The molecule has 10 heteroatoms. The third-order valence-electron chi connectivity index (χ3n) is 4.24. The number of ether oxygens (including phenoxy) is 1. The van der Waals surface area contributed by atoms with Crippen molar-refractivity contribution in [1.29, 1.82) is 0 Å². The highest BCUT2D eigenvalue weighted by Gasteiger charge is 2.41. The summed E-state index contributed by atoms with van der Waals surface area (Å²) in [7, 11) is 0. The van der Waals surface area contributed by atoms with Crippen molar-refractivity contribution in [2.75, 3.05) is 0 Å². The average Bonchev–Trinajstić information content (AvgIpc) is 2.66. The second-order valence-corrected chi connectivity index (χ2v) is 7.95. The predicted molar refractivity (Wildman–Crippen MR) is 107 cm³/mol. The maximum Gasteiger partial charge on any atom is 0.416 e. The number of hydrogen-bond donors (Lipinski definition) is 0. The third kappa shape index (κ3) is 6.22. The van der Waals surface area contributed by atoms with Crippen molar-refractivity contribution in [3.63, 3.8) is 0 Å². The van der Waals surface area contributed by atoms with Gasteiger partial charge in [-0.3, -0.25) is 24.5 Å². The van der Waals surface area contributed by atoms with Crippen LogP contribution in [-0.2, 0) is 26.9 Å². The maximum atomic E-state index is 13.1. The lowest BCUT2D eigenvalue weighted by Crippen LogP contribution is -2.38. The van der Waals surface area contributed by atoms with Crippen molar-refractivity contribution < 1.29 is 37.2 Å². The number of Topliss-reactive ketones (excluding diaryl/α,β-unsaturated/α-hetero) is 2. The van der Waals surface area contributed by atoms with Gasteiger partial charge in [-0.1, -0.05) is 30.3 Å². The fraction of sp³-hybridized carbons (Fsp3) is 0.318. The Morgan fingerprint density at radius 3 is 2.12 bits per heavy atom. The molecule has 0 aliphatic carbocycles. The minimum atomic E-state index is -4.89. The van der Waals surface area contributed by atoms with E-state index in [1.165, 1.54) is 20.8 Å². The first-order valence-corrected chi connectivity index (χ1v) is 9.40. The van der Waals surface area contributed by atoms with Crippen LogP contribution in [0.3, 0.4) is 0 Å². The largest absolute Gasteiger partial charge is 0.459 e. The van der Waals surface area contributed by atoms with Crippen LogP contribution in [-0.4, -0.2) is 28.1 Å². The number of alkyl halides is 3. The predicted octanol–water partition coefficient (Wildman–Crippen LogP) is 4.57. The first kappa shape index (κ1) is 24.7. The van der Waals surface area contributed by atoms with Gasteiger partial charge in [0.05, 0.1) is 16.1 Å². The number of carbonyl (C=O) groups is 3. The Bertz CT molecular complexity index is 1040. The van der Waals surface area contributed by atoms with Crippen LogP contribution in [0.25, 0.3) is 0 Å². The number of ketones is 2. The summed E-state index contributed by atoms with van der Waals surface area (Å²) >= 11 is 0. The summed E-state index contributed by atoms with van der Waals surface area (Å²) in [4.78, 5) is 48.9. The molecular weight excluding hydrogens is 431 g/mol. The summed E-state index contributed by atoms with van der Waals surface area (Å²) in [6, 6.07) is 9.38. The number of hydrogen-bond acceptors (Lipinski definition) is 6. The summed E-state index contributed by atoms with van der Waals surface area (Å²) < 4.78 is 44.1. The molecule has 0 aliphatic rings. The molecule has 2 aromatic rings. The van der Waals surface area contributed by atoms with Crippen LogP contribution in [0, 0.1) is 16.0 Å². The van der Waals surface area contributed by atoms with E-state index >= 15 is 0 Å². The zero-order chi connectivity index (χ0) is 24.3. The molecular formula is C22H20F3NO6. The molecule has 0 saturated carbocycles. The van der Waals surface area contributed by atoms with Crippen molar-refractivity contribution in [2.24, 2.45) is 5.92 Å². The zero-order valence-corrected chi connectivity index (χ0v) is 17.4. The molecule has 1 unspecified atom stereocenters. The second-order valence-electron chi connectivity index (χ2n) is 7.95. The normalized spacial score (nSPS) is 12.7. The Balaban J connectivity index is 2.53. The molecule has 0 spiro atoms. The number of halogens is 3. The van der Waals surface area contributed by atoms with E-state index in [2.05, 4.69) is 0 Å². The van der Waals surface area contributed by atoms with Gasteiger partial charge in [-0.25, -0.2) is 0 Å². The number of nitro groups is 1. The SMILES string of the molecule is CC(C)(C)OC(=O)C(C(=O)Cc1ccccc1)C(=O)c1ccc(C(F)(F)F)cc1[N+](=O)[O-]. The van der Waals surface area contributed by atoms with Gasteiger partial charge in [-0.05, 0) is 38.5 Å². The monoisotopic (exact) mass is 451 g/mol. The first-order chi connectivity index (χ1) is 14.7. The van der Waals surface area contributed by atoms with E-state index in [0.29, 0.717) is 17.7 Å². The van der Waals surface area contributed by atoms with Gasteiger partial charge in [0.1, 0.15) is 5.60 Å². The topological polar surface area (TPSA) is 104 Å². The molecule has 0 radical (unpaired) electrons. The fourth-order valence-corrected chi connectivity index (χ4v) is 2.87. The van der Waals surface area contributed by atoms with Crippen LogP contribution in [0.1, 0.15) is 42.3 Å². The van der Waals surface area contributed by atoms with Crippen LogP contribution < -0.4 is 0 Å². The summed E-state index contributed by atoms with van der Waals surface area (Å²) in [5.74, 6) is -5.52. The van der Waals surface area contributed by atoms with E-state index in [9.17, 15) is 37.7 Å². The third-order valence-corrected chi connectivity index (χ3v) is 4.24. The molecule has 170 valence electrons. The first-order valence-electron chi connectivity index (χ1n) is 9.40. The van der Waals surface area contributed by atoms with E-state index in [1.807, 2.05) is 0 Å². The number of carbonyl (C=O) groups excluding carboxylic acids is 3. The number of rotatable bonds is 7. The van der Waals surface area contributed by atoms with Crippen LogP contribution in [0.5, 0.6) is 0 Å². The molecule has 0 saturated heterocycles. The Morgan fingerprint density at radius 2 is 1.62 bits per heavy atom. The lowest BCUT2D eigenvalue weighted by Gasteiger charge is -2.23. The molecule has 0 aromatic heterocycles. The van der Waals surface area contributed by atoms with Crippen molar-refractivity contribution in [2.45, 2.75) is 39.0 Å². The Hall–Kier alpha value is -3.56. The van der Waals surface area contributed by atoms with Crippen LogP contribution in [0.2, 0.25) is 0 Å². The summed E-state index contributed by atoms with van der Waals surface area (Å²) in [6.45, 7) is 4.48. The van der Waals surface area contributed by atoms with Gasteiger partial charge < -0.3 is 4.74 Å². The molecule has 7 nitrogen and oxygen atoms in total. The molecule has 0 amide bonds. The maximum absolute atomic E-state index is 13.1. The molecule has 0 N–H and O–H groups in total. The van der Waals surface area contributed by atoms with Gasteiger partial charge in [-0.15, -0.1) is 0 Å². The van der Waals surface area contributed by atoms with Gasteiger partial charge in [-0.2, -0.15) is 13.2 Å². The van der Waals surface area contributed by atoms with E-state index in [0.717, 1.165) is 0 Å². The Labute approximate surface area is 181 Å². The van der Waals surface area contributed by atoms with E-state index in [-0.39, 0.29) is 12.5 Å². The number of esters is 1. The molecule has 32 heavy (non-hydrogen) atoms. The highest BCUT2D eigenvalue weighted by Crippen LogP contribution is 2.34. The zero-order valence-electron chi connectivity index (χ0n) is 17.4. The molecule has 2 rings (SSSR count). The molecule has 2 aromatic carbocycles. The van der Waals surface area contributed by atoms with Crippen LogP contribution in [0.15, 0.2) is 48.5 Å². The second kappa shape index (κ2) is 9.29. The summed E-state index contributed by atoms with van der Waals surface area (Å²) in [5, 5.41) is 11.4. The number of nitro benzene ring substituents is 1. The van der Waals surface area contributed by atoms with E-state index in [4.69, 9.17) is 4.74 Å². The summed E-state index contributed by atoms with van der Waals surface area (Å²) in [6.07, 6.45) is -5.25. The number of benzene rings is 2. The van der Waals surface area contributed by atoms with Gasteiger partial charge in [0.15, 0.2) is 17.5 Å². The average molecular weight is 451 g/mol. The standard InChI is InChI=1S/C22H20F3NO6/c1-21(2,3)32-20(29)18(17(27)11-13-7-5-4-6-8-13)19(28)15-10-9-14(22(23,24)25)12-16(15)26(30)31/h4-10,12,18H,11H2,1-3H3. The number of nitrogens with zero attached hydrogens (tertiary/aromatic N) is 1. The Morgan fingerprint density at radius 1 is 1.03 bits per heavy atom. The molecule has 0 aliphatic heterocycles. The van der Waals surface area contributed by atoms with Crippen molar-refractivity contribution in [3.05, 3.63) is 75.3 Å².